The zero-order chi connectivity index (χ0) is 12.8. The van der Waals surface area contributed by atoms with E-state index >= 15 is 0 Å². The Balaban J connectivity index is 1.88. The molecule has 0 aliphatic carbocycles. The molecule has 96 valence electrons. The molecule has 0 amide bonds. The highest BCUT2D eigenvalue weighted by molar-refractivity contribution is 7.15. The third kappa shape index (κ3) is 1.73. The highest BCUT2D eigenvalue weighted by Gasteiger charge is 2.34. The first-order chi connectivity index (χ1) is 8.59. The second kappa shape index (κ2) is 3.92. The number of thiazole rings is 1. The summed E-state index contributed by atoms with van der Waals surface area (Å²) in [4.78, 5) is 15.5. The molecular formula is C10H12N4O3S. The van der Waals surface area contributed by atoms with Gasteiger partial charge in [0.15, 0.2) is 0 Å². The lowest BCUT2D eigenvalue weighted by atomic mass is 9.89. The standard InChI is InChI=1S/C10H12N4O3S/c1-10(5-17-6-10)4-11-7-8(14(15)16)13-2-3-18-9(13)12-7/h2-3,11H,4-6H2,1H3. The van der Waals surface area contributed by atoms with Crippen LogP contribution < -0.4 is 5.32 Å². The van der Waals surface area contributed by atoms with E-state index in [9.17, 15) is 10.1 Å². The van der Waals surface area contributed by atoms with Crippen LogP contribution in [0.15, 0.2) is 11.6 Å². The molecule has 2 aromatic heterocycles. The number of rotatable bonds is 4. The summed E-state index contributed by atoms with van der Waals surface area (Å²) in [5.41, 5.74) is 0.0465. The van der Waals surface area contributed by atoms with Gasteiger partial charge >= 0.3 is 5.82 Å². The highest BCUT2D eigenvalue weighted by atomic mass is 32.1. The van der Waals surface area contributed by atoms with Crippen molar-refractivity contribution < 1.29 is 9.66 Å². The summed E-state index contributed by atoms with van der Waals surface area (Å²) < 4.78 is 6.64. The Morgan fingerprint density at radius 2 is 2.50 bits per heavy atom. The predicted molar refractivity (Wildman–Crippen MR) is 67.1 cm³/mol. The highest BCUT2D eigenvalue weighted by Crippen LogP contribution is 2.31. The minimum Gasteiger partial charge on any atom is -0.380 e. The molecule has 1 saturated heterocycles. The molecule has 0 spiro atoms. The number of nitrogens with zero attached hydrogens (tertiary/aromatic N) is 3. The predicted octanol–water partition coefficient (Wildman–Crippen LogP) is 1.75. The monoisotopic (exact) mass is 268 g/mol. The van der Waals surface area contributed by atoms with Gasteiger partial charge in [-0.1, -0.05) is 18.3 Å². The summed E-state index contributed by atoms with van der Waals surface area (Å²) in [6.07, 6.45) is 1.66. The van der Waals surface area contributed by atoms with Crippen LogP contribution in [-0.2, 0) is 4.74 Å². The first-order valence-corrected chi connectivity index (χ1v) is 6.39. The summed E-state index contributed by atoms with van der Waals surface area (Å²) >= 11 is 1.38. The number of fused-ring (bicyclic) bond motifs is 1. The molecule has 0 radical (unpaired) electrons. The van der Waals surface area contributed by atoms with Crippen molar-refractivity contribution in [2.45, 2.75) is 6.92 Å². The van der Waals surface area contributed by atoms with E-state index in [4.69, 9.17) is 4.74 Å². The van der Waals surface area contributed by atoms with Gasteiger partial charge in [0.05, 0.1) is 13.2 Å². The Morgan fingerprint density at radius 1 is 1.72 bits per heavy atom. The van der Waals surface area contributed by atoms with Gasteiger partial charge in [0.25, 0.3) is 4.96 Å². The molecule has 1 fully saturated rings. The lowest BCUT2D eigenvalue weighted by Crippen LogP contribution is -2.45. The summed E-state index contributed by atoms with van der Waals surface area (Å²) in [7, 11) is 0. The normalized spacial score (nSPS) is 17.6. The van der Waals surface area contributed by atoms with Crippen LogP contribution in [0.1, 0.15) is 6.92 Å². The number of nitro groups is 1. The van der Waals surface area contributed by atoms with Crippen molar-refractivity contribution in [3.05, 3.63) is 21.7 Å². The Morgan fingerprint density at radius 3 is 3.11 bits per heavy atom. The van der Waals surface area contributed by atoms with E-state index in [0.29, 0.717) is 30.5 Å². The lowest BCUT2D eigenvalue weighted by molar-refractivity contribution is -0.389. The SMILES string of the molecule is CC1(CNc2nc3sccn3c2[N+](=O)[O-])COC1. The van der Waals surface area contributed by atoms with Crippen LogP contribution in [0.4, 0.5) is 11.6 Å². The molecule has 0 atom stereocenters. The Kier molecular flexibility index (Phi) is 2.49. The third-order valence-corrected chi connectivity index (χ3v) is 3.75. The topological polar surface area (TPSA) is 81.7 Å². The number of hydrogen-bond acceptors (Lipinski definition) is 6. The smallest absolute Gasteiger partial charge is 0.372 e. The zero-order valence-corrected chi connectivity index (χ0v) is 10.6. The van der Waals surface area contributed by atoms with Crippen molar-refractivity contribution in [3.63, 3.8) is 0 Å². The van der Waals surface area contributed by atoms with Crippen molar-refractivity contribution in [2.24, 2.45) is 5.41 Å². The van der Waals surface area contributed by atoms with E-state index < -0.39 is 4.92 Å². The maximum absolute atomic E-state index is 11.1. The second-order valence-corrected chi connectivity index (χ2v) is 5.63. The molecule has 7 nitrogen and oxygen atoms in total. The van der Waals surface area contributed by atoms with Crippen LogP contribution in [0.2, 0.25) is 0 Å². The van der Waals surface area contributed by atoms with Crippen molar-refractivity contribution in [3.8, 4) is 0 Å². The van der Waals surface area contributed by atoms with Crippen LogP contribution in [0.25, 0.3) is 4.96 Å². The van der Waals surface area contributed by atoms with Gasteiger partial charge in [-0.2, -0.15) is 9.38 Å². The van der Waals surface area contributed by atoms with E-state index in [-0.39, 0.29) is 11.2 Å². The minimum absolute atomic E-state index is 0.00454. The molecule has 1 N–H and O–H groups in total. The van der Waals surface area contributed by atoms with Crippen molar-refractivity contribution in [1.29, 1.82) is 0 Å². The average molecular weight is 268 g/mol. The van der Waals surface area contributed by atoms with E-state index in [1.807, 2.05) is 0 Å². The van der Waals surface area contributed by atoms with Crippen LogP contribution in [0.5, 0.6) is 0 Å². The minimum atomic E-state index is -0.408. The quantitative estimate of drug-likeness (QED) is 0.675. The molecule has 8 heteroatoms. The van der Waals surface area contributed by atoms with Gasteiger partial charge in [0, 0.05) is 17.3 Å². The molecular weight excluding hydrogens is 256 g/mol. The van der Waals surface area contributed by atoms with Gasteiger partial charge in [-0.05, 0) is 4.92 Å². The van der Waals surface area contributed by atoms with Gasteiger partial charge in [0.2, 0.25) is 5.82 Å². The number of hydrogen-bond donors (Lipinski definition) is 1. The lowest BCUT2D eigenvalue weighted by Gasteiger charge is -2.37. The molecule has 18 heavy (non-hydrogen) atoms. The van der Waals surface area contributed by atoms with Gasteiger partial charge < -0.3 is 20.2 Å². The Labute approximate surface area is 107 Å². The fourth-order valence-corrected chi connectivity index (χ4v) is 2.63. The van der Waals surface area contributed by atoms with Crippen molar-refractivity contribution in [2.75, 3.05) is 25.1 Å². The average Bonchev–Trinajstić information content (AvgIpc) is 2.82. The molecule has 2 aromatic rings. The number of nitrogens with one attached hydrogen (secondary N) is 1. The summed E-state index contributed by atoms with van der Waals surface area (Å²) in [5, 5.41) is 15.9. The maximum Gasteiger partial charge on any atom is 0.372 e. The second-order valence-electron chi connectivity index (χ2n) is 4.75. The first-order valence-electron chi connectivity index (χ1n) is 5.51. The fraction of sp³-hybridized carbons (Fsp3) is 0.500. The molecule has 3 rings (SSSR count). The number of imidazole rings is 1. The molecule has 0 aromatic carbocycles. The van der Waals surface area contributed by atoms with Crippen molar-refractivity contribution >= 4 is 27.9 Å². The van der Waals surface area contributed by atoms with Crippen LogP contribution >= 0.6 is 11.3 Å². The molecule has 1 aliphatic rings. The number of ether oxygens (including phenoxy) is 1. The zero-order valence-electron chi connectivity index (χ0n) is 9.75. The molecule has 1 aliphatic heterocycles. The van der Waals surface area contributed by atoms with E-state index in [0.717, 1.165) is 0 Å². The number of aromatic nitrogens is 2. The van der Waals surface area contributed by atoms with E-state index in [2.05, 4.69) is 17.2 Å². The maximum atomic E-state index is 11.1. The van der Waals surface area contributed by atoms with Crippen LogP contribution in [0.3, 0.4) is 0 Å². The van der Waals surface area contributed by atoms with Gasteiger partial charge in [-0.3, -0.25) is 0 Å². The molecule has 3 heterocycles. The number of anilines is 1. The van der Waals surface area contributed by atoms with Gasteiger partial charge in [0.1, 0.15) is 6.20 Å². The van der Waals surface area contributed by atoms with Crippen molar-refractivity contribution in [1.82, 2.24) is 9.38 Å². The first kappa shape index (κ1) is 11.4. The van der Waals surface area contributed by atoms with E-state index in [1.54, 1.807) is 11.6 Å². The summed E-state index contributed by atoms with van der Waals surface area (Å²) in [6, 6.07) is 0. The van der Waals surface area contributed by atoms with Gasteiger partial charge in [-0.15, -0.1) is 0 Å². The Hall–Kier alpha value is -1.67. The summed E-state index contributed by atoms with van der Waals surface area (Å²) in [6.45, 7) is 4.05. The molecule has 0 unspecified atom stereocenters. The van der Waals surface area contributed by atoms with Crippen LogP contribution in [0, 0.1) is 15.5 Å². The van der Waals surface area contributed by atoms with Gasteiger partial charge in [-0.25, -0.2) is 0 Å². The third-order valence-electron chi connectivity index (χ3n) is 2.99. The molecule has 0 saturated carbocycles. The Bertz CT molecular complexity index is 601. The largest absolute Gasteiger partial charge is 0.380 e. The molecule has 0 bridgehead atoms. The summed E-state index contributed by atoms with van der Waals surface area (Å²) in [5.74, 6) is 0.329. The van der Waals surface area contributed by atoms with E-state index in [1.165, 1.54) is 15.7 Å². The fourth-order valence-electron chi connectivity index (χ4n) is 1.92. The van der Waals surface area contributed by atoms with Crippen LogP contribution in [-0.4, -0.2) is 34.1 Å².